The van der Waals surface area contributed by atoms with E-state index >= 15 is 0 Å². The highest BCUT2D eigenvalue weighted by Crippen LogP contribution is 2.68. The Morgan fingerprint density at radius 1 is 1.11 bits per heavy atom. The van der Waals surface area contributed by atoms with Crippen LogP contribution in [0.25, 0.3) is 0 Å². The minimum atomic E-state index is -0.448. The van der Waals surface area contributed by atoms with Crippen LogP contribution in [0, 0.1) is 52.3 Å². The highest BCUT2D eigenvalue weighted by Gasteiger charge is 2.67. The van der Waals surface area contributed by atoms with Crippen molar-refractivity contribution in [2.45, 2.75) is 105 Å². The Morgan fingerprint density at radius 3 is 2.46 bits per heavy atom. The summed E-state index contributed by atoms with van der Waals surface area (Å²) in [6.45, 7) is 10.4. The molecule has 4 rings (SSSR count). The summed E-state index contributed by atoms with van der Waals surface area (Å²) in [4.78, 5) is 37.6. The van der Waals surface area contributed by atoms with Gasteiger partial charge in [0, 0.05) is 30.6 Å². The van der Waals surface area contributed by atoms with E-state index in [2.05, 4.69) is 27.7 Å². The van der Waals surface area contributed by atoms with E-state index in [1.807, 2.05) is 0 Å². The molecule has 4 saturated carbocycles. The van der Waals surface area contributed by atoms with E-state index in [9.17, 15) is 19.5 Å². The SMILES string of the molecule is CC[C@H]1C(=O)C2C3CC[C@H]([C@H](C)CCC(=O)OC)[C@@]3(C)[C@@H](O)CC2[C@@]2(C)CC[C@@H](OC(C)=O)C[C@@H]12. The van der Waals surface area contributed by atoms with E-state index in [-0.39, 0.29) is 58.5 Å². The van der Waals surface area contributed by atoms with Gasteiger partial charge in [-0.3, -0.25) is 14.4 Å². The number of carbonyl (C=O) groups is 3. The average Bonchev–Trinajstić information content (AvgIpc) is 3.17. The third-order valence-electron chi connectivity index (χ3n) is 11.3. The quantitative estimate of drug-likeness (QED) is 0.530. The van der Waals surface area contributed by atoms with E-state index in [0.29, 0.717) is 30.5 Å². The van der Waals surface area contributed by atoms with Crippen LogP contribution in [0.1, 0.15) is 92.4 Å². The zero-order valence-corrected chi connectivity index (χ0v) is 22.5. The molecule has 0 heterocycles. The van der Waals surface area contributed by atoms with Gasteiger partial charge >= 0.3 is 11.9 Å². The number of rotatable bonds is 6. The fraction of sp³-hybridized carbons (Fsp3) is 0.897. The van der Waals surface area contributed by atoms with Crippen molar-refractivity contribution in [1.29, 1.82) is 0 Å². The molecule has 4 fully saturated rings. The fourth-order valence-electron chi connectivity index (χ4n) is 9.55. The van der Waals surface area contributed by atoms with Gasteiger partial charge in [-0.1, -0.05) is 27.7 Å². The lowest BCUT2D eigenvalue weighted by Gasteiger charge is -2.63. The Labute approximate surface area is 210 Å². The van der Waals surface area contributed by atoms with Crippen molar-refractivity contribution in [3.05, 3.63) is 0 Å². The molecule has 0 amide bonds. The van der Waals surface area contributed by atoms with Gasteiger partial charge in [0.05, 0.1) is 13.2 Å². The van der Waals surface area contributed by atoms with E-state index in [4.69, 9.17) is 9.47 Å². The molecule has 6 nitrogen and oxygen atoms in total. The molecule has 0 aromatic heterocycles. The number of fused-ring (bicyclic) bond motifs is 5. The predicted octanol–water partition coefficient (Wildman–Crippen LogP) is 4.95. The maximum atomic E-state index is 14.2. The second-order valence-corrected chi connectivity index (χ2v) is 12.7. The van der Waals surface area contributed by atoms with Crippen molar-refractivity contribution in [2.75, 3.05) is 7.11 Å². The van der Waals surface area contributed by atoms with Gasteiger partial charge in [0.15, 0.2) is 0 Å². The normalized spacial score (nSPS) is 45.6. The fourth-order valence-corrected chi connectivity index (χ4v) is 9.55. The number of aliphatic hydroxyl groups is 1. The molecular formula is C29H46O6. The molecule has 0 aromatic rings. The molecule has 35 heavy (non-hydrogen) atoms. The topological polar surface area (TPSA) is 89.9 Å². The van der Waals surface area contributed by atoms with Gasteiger partial charge in [-0.25, -0.2) is 0 Å². The lowest BCUT2D eigenvalue weighted by Crippen LogP contribution is -2.64. The summed E-state index contributed by atoms with van der Waals surface area (Å²) >= 11 is 0. The molecule has 3 unspecified atom stereocenters. The molecule has 11 atom stereocenters. The van der Waals surface area contributed by atoms with Gasteiger partial charge < -0.3 is 14.6 Å². The van der Waals surface area contributed by atoms with Gasteiger partial charge in [-0.05, 0) is 86.4 Å². The van der Waals surface area contributed by atoms with Crippen molar-refractivity contribution in [1.82, 2.24) is 0 Å². The van der Waals surface area contributed by atoms with Gasteiger partial charge in [-0.2, -0.15) is 0 Å². The number of Topliss-reactive ketones (excluding diaryl/α,β-unsaturated/α-hetero) is 1. The molecule has 198 valence electrons. The van der Waals surface area contributed by atoms with Gasteiger partial charge in [0.25, 0.3) is 0 Å². The van der Waals surface area contributed by atoms with Crippen LogP contribution < -0.4 is 0 Å². The zero-order chi connectivity index (χ0) is 25.7. The Morgan fingerprint density at radius 2 is 1.83 bits per heavy atom. The molecule has 4 aliphatic carbocycles. The number of hydrogen-bond acceptors (Lipinski definition) is 6. The minimum Gasteiger partial charge on any atom is -0.469 e. The third kappa shape index (κ3) is 4.26. The van der Waals surface area contributed by atoms with Crippen LogP contribution in [0.5, 0.6) is 0 Å². The van der Waals surface area contributed by atoms with Crippen LogP contribution in [-0.2, 0) is 23.9 Å². The molecule has 4 aliphatic rings. The van der Waals surface area contributed by atoms with Crippen LogP contribution >= 0.6 is 0 Å². The van der Waals surface area contributed by atoms with Crippen LogP contribution in [0.3, 0.4) is 0 Å². The molecule has 0 spiro atoms. The van der Waals surface area contributed by atoms with Crippen molar-refractivity contribution >= 4 is 17.7 Å². The number of methoxy groups -OCH3 is 1. The molecule has 1 N–H and O–H groups in total. The number of esters is 2. The molecule has 0 saturated heterocycles. The Kier molecular flexibility index (Phi) is 7.45. The number of ether oxygens (including phenoxy) is 2. The van der Waals surface area contributed by atoms with E-state index in [1.165, 1.54) is 14.0 Å². The third-order valence-corrected chi connectivity index (χ3v) is 11.3. The Hall–Kier alpha value is -1.43. The van der Waals surface area contributed by atoms with Gasteiger partial charge in [0.1, 0.15) is 11.9 Å². The van der Waals surface area contributed by atoms with Crippen molar-refractivity contribution < 1.29 is 29.0 Å². The molecule has 0 aromatic carbocycles. The molecule has 0 radical (unpaired) electrons. The number of hydrogen-bond donors (Lipinski definition) is 1. The molecule has 0 bridgehead atoms. The number of ketones is 1. The first-order valence-electron chi connectivity index (χ1n) is 13.9. The van der Waals surface area contributed by atoms with Crippen LogP contribution in [0.15, 0.2) is 0 Å². The standard InChI is InChI=1S/C29H46O6/c1-7-19-22-14-18(35-17(3)30)12-13-28(22,4)23-15-24(31)29(5)20(16(2)8-11-25(32)34-6)9-10-21(29)26(23)27(19)33/h16,18-24,26,31H,7-15H2,1-6H3/t16-,18-,19-,20-,21?,22+,23?,24+,26?,28+,29-/m1/s1. The van der Waals surface area contributed by atoms with Crippen molar-refractivity contribution in [3.8, 4) is 0 Å². The van der Waals surface area contributed by atoms with E-state index in [1.54, 1.807) is 0 Å². The lowest BCUT2D eigenvalue weighted by molar-refractivity contribution is -0.195. The molecule has 0 aliphatic heterocycles. The highest BCUT2D eigenvalue weighted by atomic mass is 16.5. The van der Waals surface area contributed by atoms with E-state index in [0.717, 1.165) is 44.9 Å². The van der Waals surface area contributed by atoms with Crippen LogP contribution in [0.2, 0.25) is 0 Å². The summed E-state index contributed by atoms with van der Waals surface area (Å²) in [5.41, 5.74) is -0.324. The van der Waals surface area contributed by atoms with E-state index < -0.39 is 6.10 Å². The van der Waals surface area contributed by atoms with Gasteiger partial charge in [0.2, 0.25) is 0 Å². The Balaban J connectivity index is 1.62. The van der Waals surface area contributed by atoms with Crippen molar-refractivity contribution in [3.63, 3.8) is 0 Å². The molecular weight excluding hydrogens is 444 g/mol. The van der Waals surface area contributed by atoms with Crippen LogP contribution in [0.4, 0.5) is 0 Å². The minimum absolute atomic E-state index is 0.00215. The summed E-state index contributed by atoms with van der Waals surface area (Å²) in [5, 5.41) is 11.7. The van der Waals surface area contributed by atoms with Crippen LogP contribution in [-0.4, -0.2) is 42.1 Å². The summed E-state index contributed by atoms with van der Waals surface area (Å²) in [7, 11) is 1.43. The molecule has 6 heteroatoms. The first-order chi connectivity index (χ1) is 16.5. The second-order valence-electron chi connectivity index (χ2n) is 12.7. The summed E-state index contributed by atoms with van der Waals surface area (Å²) in [5.74, 6) is 1.12. The number of aliphatic hydroxyl groups excluding tert-OH is 1. The summed E-state index contributed by atoms with van der Waals surface area (Å²) in [6.07, 6.45) is 6.61. The summed E-state index contributed by atoms with van der Waals surface area (Å²) < 4.78 is 10.5. The largest absolute Gasteiger partial charge is 0.469 e. The van der Waals surface area contributed by atoms with Crippen molar-refractivity contribution in [2.24, 2.45) is 52.3 Å². The summed E-state index contributed by atoms with van der Waals surface area (Å²) in [6, 6.07) is 0. The maximum Gasteiger partial charge on any atom is 0.305 e. The Bertz CT molecular complexity index is 839. The maximum absolute atomic E-state index is 14.2. The first-order valence-corrected chi connectivity index (χ1v) is 13.9. The highest BCUT2D eigenvalue weighted by molar-refractivity contribution is 5.86. The second kappa shape index (κ2) is 9.79. The number of carbonyl (C=O) groups excluding carboxylic acids is 3. The smallest absolute Gasteiger partial charge is 0.305 e. The lowest BCUT2D eigenvalue weighted by atomic mass is 9.41. The average molecular weight is 491 g/mol. The first kappa shape index (κ1) is 26.6. The zero-order valence-electron chi connectivity index (χ0n) is 22.5. The van der Waals surface area contributed by atoms with Gasteiger partial charge in [-0.15, -0.1) is 0 Å². The predicted molar refractivity (Wildman–Crippen MR) is 132 cm³/mol. The monoisotopic (exact) mass is 490 g/mol.